The van der Waals surface area contributed by atoms with Crippen LogP contribution in [0.4, 0.5) is 0 Å². The first-order chi connectivity index (χ1) is 16.4. The molecule has 2 saturated carbocycles. The molecular weight excluding hydrogens is 444 g/mol. The molecule has 3 heterocycles. The number of ether oxygens (including phenoxy) is 2. The third-order valence-electron chi connectivity index (χ3n) is 10.7. The molecular formula is C28H32N2O5. The Bertz CT molecular complexity index is 1400. The smallest absolute Gasteiger partial charge is 0.195 e. The predicted octanol–water partition coefficient (Wildman–Crippen LogP) is 1.24. The zero-order valence-corrected chi connectivity index (χ0v) is 20.6. The lowest BCUT2D eigenvalue weighted by Crippen LogP contribution is -2.74. The minimum absolute atomic E-state index is 0.119. The summed E-state index contributed by atoms with van der Waals surface area (Å²) >= 11 is 0. The van der Waals surface area contributed by atoms with Crippen LogP contribution in [0.15, 0.2) is 11.6 Å². The topological polar surface area (TPSA) is 116 Å². The van der Waals surface area contributed by atoms with Crippen molar-refractivity contribution in [2.75, 3.05) is 0 Å². The van der Waals surface area contributed by atoms with Gasteiger partial charge in [0.15, 0.2) is 17.7 Å². The molecule has 8 atom stereocenters. The minimum Gasteiger partial charge on any atom is -0.390 e. The number of hydrogen-bond acceptors (Lipinski definition) is 6. The SMILES string of the molecule is CC1(C)O[C@@]23CC[C@]4(C)[C@@]5(C)c6[nH]c7c(c6C[C@@H]5C[C@H](O)[C@@]4(O)C2=CC(=O)[C@@H]1O3)=CC(C#N)CC=7. The Morgan fingerprint density at radius 1 is 1.23 bits per heavy atom. The number of hydrogen-bond donors (Lipinski definition) is 3. The predicted molar refractivity (Wildman–Crippen MR) is 126 cm³/mol. The average Bonchev–Trinajstić information content (AvgIpc) is 3.39. The first-order valence-electron chi connectivity index (χ1n) is 12.8. The number of nitrogens with one attached hydrogen (secondary N) is 1. The molecule has 184 valence electrons. The van der Waals surface area contributed by atoms with Gasteiger partial charge in [-0.15, -0.1) is 0 Å². The van der Waals surface area contributed by atoms with Crippen molar-refractivity contribution >= 4 is 17.9 Å². The van der Waals surface area contributed by atoms with Gasteiger partial charge in [0.2, 0.25) is 0 Å². The van der Waals surface area contributed by atoms with E-state index in [-0.39, 0.29) is 17.6 Å². The summed E-state index contributed by atoms with van der Waals surface area (Å²) in [5.41, 5.74) is -1.08. The number of H-pyrrole nitrogens is 1. The molecule has 7 rings (SSSR count). The Morgan fingerprint density at radius 2 is 2.00 bits per heavy atom. The molecule has 1 unspecified atom stereocenters. The van der Waals surface area contributed by atoms with Gasteiger partial charge in [0, 0.05) is 33.9 Å². The molecule has 7 nitrogen and oxygen atoms in total. The quantitative estimate of drug-likeness (QED) is 0.519. The highest BCUT2D eigenvalue weighted by Gasteiger charge is 2.77. The van der Waals surface area contributed by atoms with Gasteiger partial charge in [-0.05, 0) is 62.3 Å². The van der Waals surface area contributed by atoms with Crippen LogP contribution in [0.25, 0.3) is 12.2 Å². The van der Waals surface area contributed by atoms with Crippen molar-refractivity contribution in [2.24, 2.45) is 17.3 Å². The molecule has 2 aliphatic heterocycles. The standard InChI is InChI=1S/C28H32N2O5/c1-24(2)23-19(31)12-20-27(34-23,35-24)8-7-25(3)26(4)15(11-21(32)28(20,25)33)10-17-16-9-14(13-29)5-6-18(16)30-22(17)26/h6,9,12,14-15,21,23,30,32-33H,5,7-8,10-11H2,1-4H3/t14?,15-,21+,23+,25-,26-,27+,28+/m1/s1. The first kappa shape index (κ1) is 22.0. The lowest BCUT2D eigenvalue weighted by atomic mass is 9.41. The Balaban J connectivity index is 1.44. The fourth-order valence-corrected chi connectivity index (χ4v) is 8.76. The summed E-state index contributed by atoms with van der Waals surface area (Å²) in [5, 5.41) is 35.9. The number of nitriles is 1. The van der Waals surface area contributed by atoms with Crippen LogP contribution < -0.4 is 10.6 Å². The van der Waals surface area contributed by atoms with Crippen molar-refractivity contribution in [3.05, 3.63) is 33.5 Å². The second-order valence-corrected chi connectivity index (χ2v) is 12.5. The van der Waals surface area contributed by atoms with E-state index >= 15 is 0 Å². The lowest BCUT2D eigenvalue weighted by molar-refractivity contribution is -0.274. The maximum atomic E-state index is 13.1. The van der Waals surface area contributed by atoms with Gasteiger partial charge in [-0.25, -0.2) is 0 Å². The Hall–Kier alpha value is -2.24. The van der Waals surface area contributed by atoms with Crippen LogP contribution in [-0.2, 0) is 26.1 Å². The number of carbonyl (C=O) groups excluding carboxylic acids is 1. The molecule has 7 heteroatoms. The van der Waals surface area contributed by atoms with E-state index in [1.165, 1.54) is 11.6 Å². The van der Waals surface area contributed by atoms with E-state index in [9.17, 15) is 20.3 Å². The molecule has 4 aliphatic carbocycles. The van der Waals surface area contributed by atoms with Crippen LogP contribution in [0.2, 0.25) is 0 Å². The highest BCUT2D eigenvalue weighted by molar-refractivity contribution is 5.97. The number of nitrogens with zero attached hydrogens (tertiary/aromatic N) is 1. The highest BCUT2D eigenvalue weighted by Crippen LogP contribution is 2.71. The monoisotopic (exact) mass is 476 g/mol. The normalized spacial score (nSPS) is 48.3. The van der Waals surface area contributed by atoms with Crippen LogP contribution in [-0.4, -0.2) is 50.2 Å². The molecule has 1 aromatic rings. The number of carbonyl (C=O) groups is 1. The van der Waals surface area contributed by atoms with Gasteiger partial charge in [0.1, 0.15) is 11.2 Å². The molecule has 2 bridgehead atoms. The van der Waals surface area contributed by atoms with Gasteiger partial charge in [-0.1, -0.05) is 26.0 Å². The molecule has 1 aromatic heterocycles. The number of aromatic nitrogens is 1. The number of rotatable bonds is 0. The van der Waals surface area contributed by atoms with Crippen LogP contribution in [0.5, 0.6) is 0 Å². The molecule has 3 N–H and O–H groups in total. The Labute approximate surface area is 204 Å². The van der Waals surface area contributed by atoms with Crippen LogP contribution in [0, 0.1) is 28.6 Å². The van der Waals surface area contributed by atoms with Crippen LogP contribution >= 0.6 is 0 Å². The number of aromatic amines is 1. The minimum atomic E-state index is -1.69. The summed E-state index contributed by atoms with van der Waals surface area (Å²) in [6.07, 6.45) is 6.86. The zero-order chi connectivity index (χ0) is 24.8. The second-order valence-electron chi connectivity index (χ2n) is 12.5. The van der Waals surface area contributed by atoms with E-state index in [0.717, 1.165) is 22.7 Å². The van der Waals surface area contributed by atoms with Crippen molar-refractivity contribution < 1.29 is 24.5 Å². The van der Waals surface area contributed by atoms with Gasteiger partial charge in [0.05, 0.1) is 18.1 Å². The summed E-state index contributed by atoms with van der Waals surface area (Å²) in [6.45, 7) is 7.97. The van der Waals surface area contributed by atoms with Gasteiger partial charge in [0.25, 0.3) is 0 Å². The molecule has 0 aromatic carbocycles. The Kier molecular flexibility index (Phi) is 3.88. The van der Waals surface area contributed by atoms with Gasteiger partial charge < -0.3 is 24.7 Å². The lowest BCUT2D eigenvalue weighted by Gasteiger charge is -2.66. The zero-order valence-electron chi connectivity index (χ0n) is 20.6. The maximum absolute atomic E-state index is 13.1. The summed E-state index contributed by atoms with van der Waals surface area (Å²) in [4.78, 5) is 16.8. The van der Waals surface area contributed by atoms with Crippen molar-refractivity contribution in [3.63, 3.8) is 0 Å². The molecule has 1 saturated heterocycles. The average molecular weight is 477 g/mol. The summed E-state index contributed by atoms with van der Waals surface area (Å²) in [5.74, 6) is -1.44. The fourth-order valence-electron chi connectivity index (χ4n) is 8.76. The molecule has 35 heavy (non-hydrogen) atoms. The Morgan fingerprint density at radius 3 is 2.74 bits per heavy atom. The third kappa shape index (κ3) is 2.21. The van der Waals surface area contributed by atoms with Gasteiger partial charge in [-0.2, -0.15) is 5.26 Å². The summed E-state index contributed by atoms with van der Waals surface area (Å²) in [7, 11) is 0. The summed E-state index contributed by atoms with van der Waals surface area (Å²) in [6, 6.07) is 2.37. The highest BCUT2D eigenvalue weighted by atomic mass is 16.8. The van der Waals surface area contributed by atoms with E-state index in [0.29, 0.717) is 31.3 Å². The molecule has 6 aliphatic rings. The van der Waals surface area contributed by atoms with E-state index in [1.807, 2.05) is 13.8 Å². The number of ketones is 1. The third-order valence-corrected chi connectivity index (χ3v) is 10.7. The summed E-state index contributed by atoms with van der Waals surface area (Å²) < 4.78 is 12.7. The largest absolute Gasteiger partial charge is 0.390 e. The fraction of sp³-hybridized carbons (Fsp3) is 0.643. The molecule has 0 amide bonds. The van der Waals surface area contributed by atoms with Gasteiger partial charge in [-0.3, -0.25) is 4.79 Å². The number of fused-ring (bicyclic) bond motifs is 9. The number of aliphatic hydroxyl groups excluding tert-OH is 1. The van der Waals surface area contributed by atoms with Crippen LogP contribution in [0.3, 0.4) is 0 Å². The van der Waals surface area contributed by atoms with E-state index in [1.54, 1.807) is 0 Å². The molecule has 3 fully saturated rings. The first-order valence-corrected chi connectivity index (χ1v) is 12.8. The van der Waals surface area contributed by atoms with Crippen LogP contribution in [0.1, 0.15) is 64.6 Å². The van der Waals surface area contributed by atoms with E-state index in [2.05, 4.69) is 37.1 Å². The van der Waals surface area contributed by atoms with E-state index < -0.39 is 40.0 Å². The second kappa shape index (κ2) is 6.18. The number of aliphatic hydroxyl groups is 2. The van der Waals surface area contributed by atoms with Crippen molar-refractivity contribution in [2.45, 2.75) is 94.4 Å². The van der Waals surface area contributed by atoms with Gasteiger partial charge >= 0.3 is 0 Å². The van der Waals surface area contributed by atoms with Crippen molar-refractivity contribution in [1.29, 1.82) is 5.26 Å². The maximum Gasteiger partial charge on any atom is 0.195 e. The molecule has 0 radical (unpaired) electrons. The van der Waals surface area contributed by atoms with Crippen molar-refractivity contribution in [3.8, 4) is 6.07 Å². The molecule has 1 spiro atoms. The van der Waals surface area contributed by atoms with E-state index in [4.69, 9.17) is 9.47 Å². The van der Waals surface area contributed by atoms with Crippen molar-refractivity contribution in [1.82, 2.24) is 4.98 Å².